The molecule has 0 heteroatoms. The van der Waals surface area contributed by atoms with Crippen molar-refractivity contribution in [1.82, 2.24) is 0 Å². The molecule has 8 aromatic rings. The second kappa shape index (κ2) is 13.3. The van der Waals surface area contributed by atoms with E-state index >= 15 is 0 Å². The SMILES string of the molecule is C1=CC2C(C3=c4cccc5c4=C(CC3)c3ccccc3-5)=c3ccccc3=C(c3ccc(C=Cc4ccc(-c5cccc6ccccc56)c5ccccc45)cc3)C2C=C1. The topological polar surface area (TPSA) is 0 Å². The summed E-state index contributed by atoms with van der Waals surface area (Å²) in [6.45, 7) is 0. The molecule has 0 nitrogen and oxygen atoms in total. The van der Waals surface area contributed by atoms with Crippen molar-refractivity contribution in [2.24, 2.45) is 11.8 Å². The van der Waals surface area contributed by atoms with Crippen molar-refractivity contribution in [3.05, 3.63) is 237 Å². The summed E-state index contributed by atoms with van der Waals surface area (Å²) in [6, 6.07) is 63.2. The van der Waals surface area contributed by atoms with Gasteiger partial charge in [0, 0.05) is 11.8 Å². The Labute approximate surface area is 338 Å². The minimum absolute atomic E-state index is 0.259. The van der Waals surface area contributed by atoms with Crippen LogP contribution in [0.3, 0.4) is 0 Å². The van der Waals surface area contributed by atoms with Crippen LogP contribution in [-0.2, 0) is 0 Å². The van der Waals surface area contributed by atoms with Crippen LogP contribution < -0.4 is 20.9 Å². The first kappa shape index (κ1) is 33.2. The molecule has 0 amide bonds. The summed E-state index contributed by atoms with van der Waals surface area (Å²) in [7, 11) is 0. The first-order valence-corrected chi connectivity index (χ1v) is 20.7. The highest BCUT2D eigenvalue weighted by molar-refractivity contribution is 6.08. The zero-order valence-electron chi connectivity index (χ0n) is 32.2. The van der Waals surface area contributed by atoms with Crippen molar-refractivity contribution in [1.29, 1.82) is 0 Å². The molecule has 0 aromatic heterocycles. The molecule has 0 saturated heterocycles. The molecule has 0 saturated carbocycles. The van der Waals surface area contributed by atoms with Gasteiger partial charge in [0.25, 0.3) is 0 Å². The fraction of sp³-hybridized carbons (Fsp3) is 0.0690. The highest BCUT2D eigenvalue weighted by Crippen LogP contribution is 2.44. The summed E-state index contributed by atoms with van der Waals surface area (Å²) in [4.78, 5) is 0. The Balaban J connectivity index is 0.960. The molecule has 0 aliphatic heterocycles. The van der Waals surface area contributed by atoms with Gasteiger partial charge in [0.15, 0.2) is 0 Å². The van der Waals surface area contributed by atoms with Gasteiger partial charge >= 0.3 is 0 Å². The van der Waals surface area contributed by atoms with Crippen LogP contribution in [0.4, 0.5) is 0 Å². The lowest BCUT2D eigenvalue weighted by atomic mass is 9.68. The normalized spacial score (nSPS) is 17.5. The molecule has 2 atom stereocenters. The lowest BCUT2D eigenvalue weighted by Crippen LogP contribution is -2.42. The summed E-state index contributed by atoms with van der Waals surface area (Å²) in [5.41, 5.74) is 16.4. The number of allylic oxidation sites excluding steroid dienone is 4. The molecule has 58 heavy (non-hydrogen) atoms. The molecule has 4 aliphatic carbocycles. The van der Waals surface area contributed by atoms with E-state index in [-0.39, 0.29) is 11.8 Å². The van der Waals surface area contributed by atoms with Crippen LogP contribution in [0.2, 0.25) is 0 Å². The van der Waals surface area contributed by atoms with Crippen molar-refractivity contribution >= 4 is 56.0 Å². The third-order valence-corrected chi connectivity index (χ3v) is 13.2. The van der Waals surface area contributed by atoms with Crippen LogP contribution in [-0.4, -0.2) is 0 Å². The van der Waals surface area contributed by atoms with E-state index in [1.165, 1.54) is 109 Å². The molecule has 8 aromatic carbocycles. The van der Waals surface area contributed by atoms with Gasteiger partial charge in [-0.15, -0.1) is 0 Å². The standard InChI is InChI=1S/C58H40/c1-2-15-41-38(13-1)14-11-24-44(41)47-34-33-39(42-16-3-4-17-43(42)47)30-27-37-28-31-40(32-29-37)56-49-20-7-9-22-51(49)58(52-23-10-8-21-50(52)56)55-36-35-54-46-19-6-5-18-45(46)48-25-12-26-53(55)57(48)54/h1-34,49,51H,35-36H2. The highest BCUT2D eigenvalue weighted by Gasteiger charge is 2.34. The molecule has 0 N–H and O–H groups in total. The van der Waals surface area contributed by atoms with Crippen molar-refractivity contribution in [3.8, 4) is 22.3 Å². The molecule has 12 rings (SSSR count). The number of hydrogen-bond donors (Lipinski definition) is 0. The number of rotatable bonds is 5. The lowest BCUT2D eigenvalue weighted by molar-refractivity contribution is 0.688. The predicted molar refractivity (Wildman–Crippen MR) is 245 cm³/mol. The van der Waals surface area contributed by atoms with Crippen LogP contribution in [0.15, 0.2) is 194 Å². The Hall–Kier alpha value is -7.02. The van der Waals surface area contributed by atoms with Gasteiger partial charge in [-0.2, -0.15) is 0 Å². The van der Waals surface area contributed by atoms with Crippen LogP contribution in [0.25, 0.3) is 78.2 Å². The molecule has 0 heterocycles. The second-order valence-corrected chi connectivity index (χ2v) is 16.2. The summed E-state index contributed by atoms with van der Waals surface area (Å²) in [6.07, 6.45) is 16.1. The van der Waals surface area contributed by atoms with E-state index < -0.39 is 0 Å². The quantitative estimate of drug-likeness (QED) is 0.154. The Morgan fingerprint density at radius 1 is 0.379 bits per heavy atom. The van der Waals surface area contributed by atoms with Crippen molar-refractivity contribution < 1.29 is 0 Å². The van der Waals surface area contributed by atoms with E-state index in [2.05, 4.69) is 206 Å². The Morgan fingerprint density at radius 3 is 1.81 bits per heavy atom. The Morgan fingerprint density at radius 2 is 0.966 bits per heavy atom. The summed E-state index contributed by atoms with van der Waals surface area (Å²) in [5.74, 6) is 0.533. The van der Waals surface area contributed by atoms with Gasteiger partial charge in [-0.05, 0) is 122 Å². The van der Waals surface area contributed by atoms with Gasteiger partial charge < -0.3 is 0 Å². The molecule has 0 bridgehead atoms. The maximum atomic E-state index is 2.47. The minimum Gasteiger partial charge on any atom is -0.0761 e. The van der Waals surface area contributed by atoms with E-state index in [4.69, 9.17) is 0 Å². The summed E-state index contributed by atoms with van der Waals surface area (Å²) < 4.78 is 0. The first-order chi connectivity index (χ1) is 28.8. The van der Waals surface area contributed by atoms with Crippen LogP contribution in [0.5, 0.6) is 0 Å². The van der Waals surface area contributed by atoms with Gasteiger partial charge in [-0.3, -0.25) is 0 Å². The van der Waals surface area contributed by atoms with Gasteiger partial charge in [0.1, 0.15) is 0 Å². The summed E-state index contributed by atoms with van der Waals surface area (Å²) in [5, 5.41) is 10.7. The van der Waals surface area contributed by atoms with E-state index in [0.717, 1.165) is 12.8 Å². The van der Waals surface area contributed by atoms with Crippen LogP contribution in [0, 0.1) is 11.8 Å². The third-order valence-electron chi connectivity index (χ3n) is 13.2. The van der Waals surface area contributed by atoms with Crippen LogP contribution in [0.1, 0.15) is 35.1 Å². The van der Waals surface area contributed by atoms with E-state index in [1.807, 2.05) is 0 Å². The van der Waals surface area contributed by atoms with Crippen molar-refractivity contribution in [2.75, 3.05) is 0 Å². The molecular formula is C58H40. The molecule has 2 unspecified atom stereocenters. The second-order valence-electron chi connectivity index (χ2n) is 16.2. The maximum Gasteiger partial charge on any atom is 0.0137 e. The molecule has 0 spiro atoms. The third kappa shape index (κ3) is 5.08. The largest absolute Gasteiger partial charge is 0.0761 e. The first-order valence-electron chi connectivity index (χ1n) is 20.7. The zero-order chi connectivity index (χ0) is 38.2. The fourth-order valence-electron chi connectivity index (χ4n) is 10.7. The predicted octanol–water partition coefficient (Wildman–Crippen LogP) is 11.4. The minimum atomic E-state index is 0.259. The van der Waals surface area contributed by atoms with Gasteiger partial charge in [0.2, 0.25) is 0 Å². The van der Waals surface area contributed by atoms with Gasteiger partial charge in [-0.25, -0.2) is 0 Å². The van der Waals surface area contributed by atoms with Crippen LogP contribution >= 0.6 is 0 Å². The monoisotopic (exact) mass is 736 g/mol. The van der Waals surface area contributed by atoms with Crippen molar-refractivity contribution in [3.63, 3.8) is 0 Å². The lowest BCUT2D eigenvalue weighted by Gasteiger charge is -2.35. The molecule has 0 radical (unpaired) electrons. The van der Waals surface area contributed by atoms with E-state index in [0.29, 0.717) is 0 Å². The maximum absolute atomic E-state index is 2.47. The summed E-state index contributed by atoms with van der Waals surface area (Å²) >= 11 is 0. The van der Waals surface area contributed by atoms with Gasteiger partial charge in [0.05, 0.1) is 0 Å². The number of benzene rings is 8. The average Bonchev–Trinajstić information content (AvgIpc) is 3.62. The fourth-order valence-corrected chi connectivity index (χ4v) is 10.7. The zero-order valence-corrected chi connectivity index (χ0v) is 32.2. The highest BCUT2D eigenvalue weighted by atomic mass is 14.4. The average molecular weight is 737 g/mol. The molecular weight excluding hydrogens is 697 g/mol. The number of fused-ring (bicyclic) bond motifs is 7. The Kier molecular flexibility index (Phi) is 7.60. The molecule has 0 fully saturated rings. The molecule has 4 aliphatic rings. The van der Waals surface area contributed by atoms with Crippen molar-refractivity contribution in [2.45, 2.75) is 12.8 Å². The molecule has 272 valence electrons. The van der Waals surface area contributed by atoms with E-state index in [9.17, 15) is 0 Å². The van der Waals surface area contributed by atoms with E-state index in [1.54, 1.807) is 0 Å². The Bertz CT molecular complexity index is 3380. The number of hydrogen-bond acceptors (Lipinski definition) is 0. The van der Waals surface area contributed by atoms with Gasteiger partial charge in [-0.1, -0.05) is 206 Å². The smallest absolute Gasteiger partial charge is 0.0137 e.